The molecule has 0 radical (unpaired) electrons. The maximum atomic E-state index is 13.9. The average molecular weight is 625 g/mol. The Morgan fingerprint density at radius 3 is 2.61 bits per heavy atom. The van der Waals surface area contributed by atoms with Gasteiger partial charge in [-0.05, 0) is 47.5 Å². The topological polar surface area (TPSA) is 106 Å². The average Bonchev–Trinajstić information content (AvgIpc) is 3.69. The monoisotopic (exact) mass is 623 g/mol. The Bertz CT molecular complexity index is 1830. The highest BCUT2D eigenvalue weighted by Crippen LogP contribution is 2.45. The Labute approximate surface area is 252 Å². The fourth-order valence-corrected chi connectivity index (χ4v) is 6.70. The van der Waals surface area contributed by atoms with Crippen LogP contribution in [0, 0.1) is 0 Å². The number of aromatic nitrogens is 2. The van der Waals surface area contributed by atoms with Crippen molar-refractivity contribution in [3.8, 4) is 5.75 Å². The van der Waals surface area contributed by atoms with Crippen molar-refractivity contribution in [3.05, 3.63) is 111 Å². The summed E-state index contributed by atoms with van der Waals surface area (Å²) in [6.45, 7) is 0. The van der Waals surface area contributed by atoms with Gasteiger partial charge in [-0.25, -0.2) is 0 Å². The number of ketones is 1. The van der Waals surface area contributed by atoms with Crippen LogP contribution in [0.4, 0.5) is 5.13 Å². The number of aliphatic hydroxyl groups is 1. The van der Waals surface area contributed by atoms with E-state index in [0.717, 1.165) is 5.56 Å². The highest BCUT2D eigenvalue weighted by molar-refractivity contribution is 8.00. The lowest BCUT2D eigenvalue weighted by Gasteiger charge is -2.23. The number of Topliss-reactive ketones (excluding diaryl/α,β-unsaturated/α-hetero) is 1. The predicted molar refractivity (Wildman–Crippen MR) is 159 cm³/mol. The summed E-state index contributed by atoms with van der Waals surface area (Å²) < 4.78 is 11.8. The van der Waals surface area contributed by atoms with Gasteiger partial charge >= 0.3 is 0 Å². The summed E-state index contributed by atoms with van der Waals surface area (Å²) in [5.74, 6) is -1.11. The zero-order chi connectivity index (χ0) is 28.7. The fraction of sp³-hybridized carbons (Fsp3) is 0.103. The van der Waals surface area contributed by atoms with E-state index in [4.69, 9.17) is 32.4 Å². The van der Waals surface area contributed by atoms with E-state index in [1.807, 2.05) is 24.3 Å². The van der Waals surface area contributed by atoms with Gasteiger partial charge in [0.25, 0.3) is 5.91 Å². The molecule has 206 valence electrons. The van der Waals surface area contributed by atoms with Gasteiger partial charge in [0.15, 0.2) is 27.2 Å². The number of amides is 1. The van der Waals surface area contributed by atoms with Crippen LogP contribution < -0.4 is 9.64 Å². The number of rotatable bonds is 8. The van der Waals surface area contributed by atoms with Crippen LogP contribution in [0.15, 0.2) is 92.9 Å². The van der Waals surface area contributed by atoms with Gasteiger partial charge in [0, 0.05) is 21.2 Å². The molecule has 0 spiro atoms. The van der Waals surface area contributed by atoms with E-state index >= 15 is 0 Å². The van der Waals surface area contributed by atoms with Gasteiger partial charge in [0.1, 0.15) is 0 Å². The second-order valence-electron chi connectivity index (χ2n) is 8.98. The summed E-state index contributed by atoms with van der Waals surface area (Å²) >= 11 is 14.9. The number of ether oxygens (including phenoxy) is 1. The normalized spacial score (nSPS) is 15.2. The summed E-state index contributed by atoms with van der Waals surface area (Å²) in [7, 11) is 1.50. The molecule has 5 aromatic rings. The number of halogens is 2. The molecule has 1 N–H and O–H groups in total. The molecule has 1 atom stereocenters. The van der Waals surface area contributed by atoms with Crippen LogP contribution in [0.5, 0.6) is 5.75 Å². The number of methoxy groups -OCH3 is 1. The number of thioether (sulfide) groups is 1. The summed E-state index contributed by atoms with van der Waals surface area (Å²) in [6, 6.07) is 20.0. The minimum Gasteiger partial charge on any atom is -0.503 e. The molecule has 8 nitrogen and oxygen atoms in total. The molecular formula is C29H19Cl2N3O5S2. The van der Waals surface area contributed by atoms with Gasteiger partial charge in [-0.3, -0.25) is 14.5 Å². The summed E-state index contributed by atoms with van der Waals surface area (Å²) in [6.07, 6.45) is 0. The Morgan fingerprint density at radius 1 is 1.07 bits per heavy atom. The number of carbonyl (C=O) groups excluding carboxylic acids is 2. The quantitative estimate of drug-likeness (QED) is 0.107. The summed E-state index contributed by atoms with van der Waals surface area (Å²) in [5, 5.41) is 21.5. The molecule has 6 rings (SSSR count). The molecule has 12 heteroatoms. The van der Waals surface area contributed by atoms with E-state index in [0.29, 0.717) is 42.4 Å². The molecule has 0 bridgehead atoms. The minimum atomic E-state index is -1.02. The first kappa shape index (κ1) is 27.3. The summed E-state index contributed by atoms with van der Waals surface area (Å²) in [4.78, 5) is 28.7. The molecule has 0 fully saturated rings. The number of fused-ring (bicyclic) bond motifs is 1. The first-order valence-corrected chi connectivity index (χ1v) is 14.7. The molecule has 1 aliphatic rings. The van der Waals surface area contributed by atoms with Crippen LogP contribution in [-0.4, -0.2) is 34.1 Å². The first-order chi connectivity index (χ1) is 19.8. The highest BCUT2D eigenvalue weighted by atomic mass is 35.5. The van der Waals surface area contributed by atoms with Crippen LogP contribution in [0.3, 0.4) is 0 Å². The van der Waals surface area contributed by atoms with Crippen molar-refractivity contribution in [2.45, 2.75) is 16.1 Å². The number of nitrogens with zero attached hydrogens (tertiary/aromatic N) is 3. The third kappa shape index (κ3) is 5.19. The second-order valence-corrected chi connectivity index (χ2v) is 12.0. The number of hydrogen-bond donors (Lipinski definition) is 1. The van der Waals surface area contributed by atoms with E-state index in [2.05, 4.69) is 10.2 Å². The lowest BCUT2D eigenvalue weighted by molar-refractivity contribution is -0.117. The van der Waals surface area contributed by atoms with E-state index in [-0.39, 0.29) is 16.5 Å². The lowest BCUT2D eigenvalue weighted by Crippen LogP contribution is -2.31. The molecule has 1 aliphatic heterocycles. The van der Waals surface area contributed by atoms with Crippen LogP contribution in [0.2, 0.25) is 10.0 Å². The van der Waals surface area contributed by atoms with Gasteiger partial charge in [-0.15, -0.1) is 10.2 Å². The van der Waals surface area contributed by atoms with Gasteiger partial charge in [0.2, 0.25) is 10.9 Å². The molecule has 3 aromatic carbocycles. The number of furan rings is 1. The second kappa shape index (κ2) is 11.2. The van der Waals surface area contributed by atoms with Crippen LogP contribution in [0.25, 0.3) is 11.0 Å². The molecule has 0 saturated heterocycles. The van der Waals surface area contributed by atoms with Crippen molar-refractivity contribution in [1.82, 2.24) is 10.2 Å². The first-order valence-electron chi connectivity index (χ1n) is 12.2. The summed E-state index contributed by atoms with van der Waals surface area (Å²) in [5.41, 5.74) is 1.78. The predicted octanol–water partition coefficient (Wildman–Crippen LogP) is 7.67. The molecule has 0 saturated carbocycles. The van der Waals surface area contributed by atoms with E-state index < -0.39 is 23.5 Å². The maximum Gasteiger partial charge on any atom is 0.296 e. The molecule has 1 unspecified atom stereocenters. The molecule has 1 amide bonds. The van der Waals surface area contributed by atoms with Gasteiger partial charge in [0.05, 0.1) is 18.7 Å². The maximum absolute atomic E-state index is 13.9. The SMILES string of the molecule is COc1cccc2cc(C(=O)C3=C(O)C(=O)N(c4nnc(SCc5ccc(Cl)cc5)s4)C3c3cccc(Cl)c3)oc12. The lowest BCUT2D eigenvalue weighted by atomic mass is 9.95. The highest BCUT2D eigenvalue weighted by Gasteiger charge is 2.47. The smallest absolute Gasteiger partial charge is 0.296 e. The number of anilines is 1. The Balaban J connectivity index is 1.37. The van der Waals surface area contributed by atoms with Crippen LogP contribution in [0.1, 0.15) is 27.7 Å². The number of hydrogen-bond acceptors (Lipinski definition) is 9. The van der Waals surface area contributed by atoms with Crippen LogP contribution in [-0.2, 0) is 10.5 Å². The minimum absolute atomic E-state index is 0.0517. The molecule has 3 heterocycles. The number of benzene rings is 3. The van der Waals surface area contributed by atoms with Crippen molar-refractivity contribution in [2.75, 3.05) is 12.0 Å². The Kier molecular flexibility index (Phi) is 7.48. The Hall–Kier alpha value is -3.83. The van der Waals surface area contributed by atoms with Crippen molar-refractivity contribution in [3.63, 3.8) is 0 Å². The third-order valence-corrected chi connectivity index (χ3v) is 9.06. The van der Waals surface area contributed by atoms with Gasteiger partial charge in [-0.2, -0.15) is 0 Å². The van der Waals surface area contributed by atoms with Crippen LogP contribution >= 0.6 is 46.3 Å². The largest absolute Gasteiger partial charge is 0.503 e. The zero-order valence-electron chi connectivity index (χ0n) is 21.2. The van der Waals surface area contributed by atoms with Crippen molar-refractivity contribution < 1.29 is 23.8 Å². The molecule has 2 aromatic heterocycles. The van der Waals surface area contributed by atoms with Gasteiger partial charge in [-0.1, -0.05) is 82.7 Å². The van der Waals surface area contributed by atoms with E-state index in [1.54, 1.807) is 48.5 Å². The standard InChI is InChI=1S/C29H19Cl2N3O5S2/c1-38-20-7-3-5-17-13-21(39-26(17)20)24(35)22-23(16-4-2-6-19(31)12-16)34(27(37)25(22)36)28-32-33-29(41-28)40-14-15-8-10-18(30)11-9-15/h2-13,23,36H,14H2,1H3. The molecular weight excluding hydrogens is 605 g/mol. The van der Waals surface area contributed by atoms with E-state index in [1.165, 1.54) is 35.1 Å². The number of carbonyl (C=O) groups is 2. The van der Waals surface area contributed by atoms with Crippen molar-refractivity contribution in [2.24, 2.45) is 0 Å². The fourth-order valence-electron chi connectivity index (χ4n) is 4.55. The van der Waals surface area contributed by atoms with E-state index in [9.17, 15) is 14.7 Å². The van der Waals surface area contributed by atoms with Crippen molar-refractivity contribution in [1.29, 1.82) is 0 Å². The number of aliphatic hydroxyl groups excluding tert-OH is 1. The Morgan fingerprint density at radius 2 is 1.85 bits per heavy atom. The zero-order valence-corrected chi connectivity index (χ0v) is 24.4. The number of para-hydroxylation sites is 1. The third-order valence-electron chi connectivity index (χ3n) is 6.45. The molecule has 41 heavy (non-hydrogen) atoms. The van der Waals surface area contributed by atoms with Gasteiger partial charge < -0.3 is 14.3 Å². The molecule has 0 aliphatic carbocycles. The van der Waals surface area contributed by atoms with Crippen molar-refractivity contribution >= 4 is 74.1 Å².